The first-order valence-electron chi connectivity index (χ1n) is 9.31. The molecule has 0 saturated carbocycles. The number of methoxy groups -OCH3 is 3. The van der Waals surface area contributed by atoms with Crippen LogP contribution in [0.2, 0.25) is 0 Å². The van der Waals surface area contributed by atoms with Gasteiger partial charge < -0.3 is 0 Å². The van der Waals surface area contributed by atoms with Crippen molar-refractivity contribution < 1.29 is 14.2 Å². The molecule has 0 heterocycles. The van der Waals surface area contributed by atoms with Crippen LogP contribution in [0.4, 0.5) is 0 Å². The van der Waals surface area contributed by atoms with Gasteiger partial charge in [0.05, 0.1) is 0 Å². The zero-order valence-electron chi connectivity index (χ0n) is 16.7. The topological polar surface area (TPSA) is 27.7 Å². The van der Waals surface area contributed by atoms with Gasteiger partial charge in [-0.25, -0.2) is 0 Å². The molecule has 0 aliphatic carbocycles. The summed E-state index contributed by atoms with van der Waals surface area (Å²) >= 11 is -1.70. The Balaban J connectivity index is 1.83. The Morgan fingerprint density at radius 3 is 1.14 bits per heavy atom. The van der Waals surface area contributed by atoms with Crippen LogP contribution in [0.5, 0.6) is 17.2 Å². The molecular formula is C24H27O3Sb. The van der Waals surface area contributed by atoms with Gasteiger partial charge in [0.25, 0.3) is 0 Å². The molecule has 0 aliphatic heterocycles. The molecule has 0 spiro atoms. The molecule has 0 N–H and O–H groups in total. The standard InChI is InChI=1S/3C8H9O.Sb/c3*1-7-4-3-5-8(6-7)9-2;/h3*3-6H,1H2,2H3;. The van der Waals surface area contributed by atoms with Crippen molar-refractivity contribution in [1.29, 1.82) is 0 Å². The molecular weight excluding hydrogens is 458 g/mol. The van der Waals surface area contributed by atoms with Crippen LogP contribution in [-0.4, -0.2) is 41.5 Å². The molecule has 3 aromatic carbocycles. The van der Waals surface area contributed by atoms with E-state index in [-0.39, 0.29) is 0 Å². The second kappa shape index (κ2) is 10.4. The van der Waals surface area contributed by atoms with E-state index in [9.17, 15) is 0 Å². The predicted octanol–water partition coefficient (Wildman–Crippen LogP) is 4.85. The number of hydrogen-bond donors (Lipinski definition) is 0. The van der Waals surface area contributed by atoms with E-state index in [1.807, 2.05) is 18.2 Å². The van der Waals surface area contributed by atoms with Crippen LogP contribution in [0.15, 0.2) is 72.8 Å². The van der Waals surface area contributed by atoms with Gasteiger partial charge in [-0.2, -0.15) is 0 Å². The van der Waals surface area contributed by atoms with Gasteiger partial charge in [-0.3, -0.25) is 0 Å². The molecule has 3 rings (SSSR count). The third-order valence-electron chi connectivity index (χ3n) is 4.62. The summed E-state index contributed by atoms with van der Waals surface area (Å²) in [6, 6.07) is 25.5. The summed E-state index contributed by atoms with van der Waals surface area (Å²) in [5.41, 5.74) is 4.11. The average Bonchev–Trinajstić information content (AvgIpc) is 2.74. The van der Waals surface area contributed by atoms with E-state index in [2.05, 4.69) is 54.6 Å². The van der Waals surface area contributed by atoms with Crippen molar-refractivity contribution in [2.45, 2.75) is 13.1 Å². The SMILES string of the molecule is COc1cccc([CH2][Sb]([CH2]c2cccc(OC)c2)[CH2]c2cccc(OC)c2)c1. The van der Waals surface area contributed by atoms with Gasteiger partial charge in [0.1, 0.15) is 0 Å². The number of rotatable bonds is 9. The summed E-state index contributed by atoms with van der Waals surface area (Å²) in [5, 5.41) is 0. The zero-order valence-corrected chi connectivity index (χ0v) is 19.3. The molecule has 146 valence electrons. The summed E-state index contributed by atoms with van der Waals surface area (Å²) < 4.78 is 19.7. The van der Waals surface area contributed by atoms with Crippen molar-refractivity contribution >= 4 is 20.2 Å². The molecule has 0 amide bonds. The summed E-state index contributed by atoms with van der Waals surface area (Å²) in [5.74, 6) is 2.79. The Labute approximate surface area is 175 Å². The van der Waals surface area contributed by atoms with Gasteiger partial charge in [-0.1, -0.05) is 0 Å². The first kappa shape index (κ1) is 20.6. The second-order valence-electron chi connectivity index (χ2n) is 6.70. The molecule has 4 heteroatoms. The number of benzene rings is 3. The molecule has 0 aromatic heterocycles. The monoisotopic (exact) mass is 484 g/mol. The molecule has 0 radical (unpaired) electrons. The molecule has 0 atom stereocenters. The van der Waals surface area contributed by atoms with E-state index in [1.165, 1.54) is 16.7 Å². The third kappa shape index (κ3) is 5.94. The van der Waals surface area contributed by atoms with Crippen LogP contribution in [0.3, 0.4) is 0 Å². The van der Waals surface area contributed by atoms with Crippen molar-refractivity contribution in [1.82, 2.24) is 0 Å². The van der Waals surface area contributed by atoms with Crippen molar-refractivity contribution in [3.63, 3.8) is 0 Å². The maximum atomic E-state index is 5.42. The molecule has 0 bridgehead atoms. The van der Waals surface area contributed by atoms with Crippen LogP contribution >= 0.6 is 0 Å². The summed E-state index contributed by atoms with van der Waals surface area (Å²) in [6.07, 6.45) is 0. The van der Waals surface area contributed by atoms with E-state index in [0.29, 0.717) is 0 Å². The van der Waals surface area contributed by atoms with E-state index < -0.39 is 20.2 Å². The van der Waals surface area contributed by atoms with Gasteiger partial charge in [-0.05, 0) is 0 Å². The van der Waals surface area contributed by atoms with Crippen molar-refractivity contribution in [3.05, 3.63) is 89.5 Å². The Hall–Kier alpha value is -2.12. The van der Waals surface area contributed by atoms with E-state index >= 15 is 0 Å². The Morgan fingerprint density at radius 2 is 0.857 bits per heavy atom. The third-order valence-corrected chi connectivity index (χ3v) is 11.6. The van der Waals surface area contributed by atoms with Gasteiger partial charge in [0.2, 0.25) is 0 Å². The first-order chi connectivity index (χ1) is 13.7. The first-order valence-corrected chi connectivity index (χ1v) is 14.7. The maximum absolute atomic E-state index is 5.42. The van der Waals surface area contributed by atoms with Crippen LogP contribution < -0.4 is 14.2 Å². The van der Waals surface area contributed by atoms with E-state index in [1.54, 1.807) is 21.3 Å². The Morgan fingerprint density at radius 1 is 0.536 bits per heavy atom. The van der Waals surface area contributed by atoms with Gasteiger partial charge in [0, 0.05) is 0 Å². The fourth-order valence-corrected chi connectivity index (χ4v) is 10.3. The average molecular weight is 485 g/mol. The Kier molecular flexibility index (Phi) is 7.68. The summed E-state index contributed by atoms with van der Waals surface area (Å²) in [7, 11) is 5.18. The van der Waals surface area contributed by atoms with Gasteiger partial charge in [-0.15, -0.1) is 0 Å². The summed E-state index contributed by atoms with van der Waals surface area (Å²) in [4.78, 5) is 0. The molecule has 0 aliphatic rings. The zero-order chi connectivity index (χ0) is 19.8. The van der Waals surface area contributed by atoms with Crippen LogP contribution in [0, 0.1) is 0 Å². The van der Waals surface area contributed by atoms with Gasteiger partial charge in [0.15, 0.2) is 0 Å². The van der Waals surface area contributed by atoms with E-state index in [4.69, 9.17) is 14.2 Å². The molecule has 0 unspecified atom stereocenters. The normalized spacial score (nSPS) is 10.7. The predicted molar refractivity (Wildman–Crippen MR) is 116 cm³/mol. The fourth-order valence-electron chi connectivity index (χ4n) is 3.25. The van der Waals surface area contributed by atoms with Crippen molar-refractivity contribution in [3.8, 4) is 17.2 Å². The van der Waals surface area contributed by atoms with Crippen LogP contribution in [0.1, 0.15) is 16.7 Å². The minimum absolute atomic E-state index is 0.931. The van der Waals surface area contributed by atoms with Crippen molar-refractivity contribution in [2.24, 2.45) is 0 Å². The fraction of sp³-hybridized carbons (Fsp3) is 0.250. The van der Waals surface area contributed by atoms with Gasteiger partial charge >= 0.3 is 176 Å². The van der Waals surface area contributed by atoms with Crippen LogP contribution in [0.25, 0.3) is 0 Å². The quantitative estimate of drug-likeness (QED) is 0.406. The Bertz CT molecular complexity index is 777. The second-order valence-corrected chi connectivity index (χ2v) is 13.2. The minimum atomic E-state index is -1.70. The molecule has 0 fully saturated rings. The molecule has 3 nitrogen and oxygen atoms in total. The van der Waals surface area contributed by atoms with Crippen molar-refractivity contribution in [2.75, 3.05) is 21.3 Å². The molecule has 28 heavy (non-hydrogen) atoms. The number of hydrogen-bond acceptors (Lipinski definition) is 3. The number of ether oxygens (including phenoxy) is 3. The molecule has 0 saturated heterocycles. The summed E-state index contributed by atoms with van der Waals surface area (Å²) in [6.45, 7) is 0. The van der Waals surface area contributed by atoms with Crippen LogP contribution in [-0.2, 0) is 13.1 Å². The van der Waals surface area contributed by atoms with E-state index in [0.717, 1.165) is 30.4 Å². The molecule has 3 aromatic rings.